The molecule has 9 nitrogen and oxygen atoms in total. The summed E-state index contributed by atoms with van der Waals surface area (Å²) in [6.07, 6.45) is 6.34. The van der Waals surface area contributed by atoms with Crippen LogP contribution in [0.3, 0.4) is 0 Å². The van der Waals surface area contributed by atoms with Gasteiger partial charge in [-0.3, -0.25) is 14.7 Å². The van der Waals surface area contributed by atoms with Crippen LogP contribution in [0.1, 0.15) is 29.6 Å². The van der Waals surface area contributed by atoms with Crippen molar-refractivity contribution in [3.63, 3.8) is 0 Å². The normalized spacial score (nSPS) is 15.7. The number of nitrogens with one attached hydrogen (secondary N) is 2. The van der Waals surface area contributed by atoms with Gasteiger partial charge in [0.2, 0.25) is 0 Å². The first-order valence-electron chi connectivity index (χ1n) is 10.4. The number of H-pyrrole nitrogens is 1. The number of pyridine rings is 1. The van der Waals surface area contributed by atoms with E-state index in [0.717, 1.165) is 25.9 Å². The van der Waals surface area contributed by atoms with Crippen LogP contribution in [-0.2, 0) is 4.74 Å². The predicted molar refractivity (Wildman–Crippen MR) is 117 cm³/mol. The molecule has 3 aromatic rings. The molecular formula is C23H23N5O4. The summed E-state index contributed by atoms with van der Waals surface area (Å²) in [5, 5.41) is 14.2. The maximum absolute atomic E-state index is 12.4. The molecule has 1 aliphatic rings. The number of benzene rings is 1. The number of rotatable bonds is 7. The molecule has 0 radical (unpaired) electrons. The Morgan fingerprint density at radius 1 is 1.28 bits per heavy atom. The number of nitriles is 1. The zero-order chi connectivity index (χ0) is 22.3. The lowest BCUT2D eigenvalue weighted by Gasteiger charge is -2.22. The number of aromatic nitrogens is 3. The first kappa shape index (κ1) is 21.3. The zero-order valence-corrected chi connectivity index (χ0v) is 17.4. The molecule has 0 bridgehead atoms. The predicted octanol–water partition coefficient (Wildman–Crippen LogP) is 2.43. The molecule has 1 unspecified atom stereocenters. The van der Waals surface area contributed by atoms with Gasteiger partial charge in [-0.05, 0) is 49.1 Å². The molecule has 2 N–H and O–H groups in total. The van der Waals surface area contributed by atoms with Crippen LogP contribution in [0.25, 0.3) is 16.9 Å². The van der Waals surface area contributed by atoms with Crippen molar-refractivity contribution >= 4 is 5.91 Å². The van der Waals surface area contributed by atoms with E-state index in [4.69, 9.17) is 14.7 Å². The van der Waals surface area contributed by atoms with E-state index >= 15 is 0 Å². The fourth-order valence-corrected chi connectivity index (χ4v) is 3.50. The van der Waals surface area contributed by atoms with Crippen LogP contribution >= 0.6 is 0 Å². The first-order valence-corrected chi connectivity index (χ1v) is 10.4. The van der Waals surface area contributed by atoms with Gasteiger partial charge in [0.25, 0.3) is 11.5 Å². The van der Waals surface area contributed by atoms with E-state index in [-0.39, 0.29) is 24.2 Å². The maximum Gasteiger partial charge on any atom is 0.272 e. The molecule has 0 spiro atoms. The van der Waals surface area contributed by atoms with Crippen LogP contribution in [0.2, 0.25) is 0 Å². The lowest BCUT2D eigenvalue weighted by atomic mass is 10.1. The third-order valence-electron chi connectivity index (χ3n) is 5.21. The summed E-state index contributed by atoms with van der Waals surface area (Å²) in [6.45, 7) is 1.19. The lowest BCUT2D eigenvalue weighted by molar-refractivity contribution is 0.0169. The molecule has 3 heterocycles. The number of aromatic amines is 1. The smallest absolute Gasteiger partial charge is 0.272 e. The van der Waals surface area contributed by atoms with Crippen LogP contribution < -0.4 is 15.6 Å². The molecule has 1 saturated heterocycles. The minimum Gasteiger partial charge on any atom is -0.479 e. The zero-order valence-electron chi connectivity index (χ0n) is 17.4. The summed E-state index contributed by atoms with van der Waals surface area (Å²) in [5.74, 6) is 0.824. The van der Waals surface area contributed by atoms with E-state index < -0.39 is 0 Å². The van der Waals surface area contributed by atoms with Crippen molar-refractivity contribution < 1.29 is 14.3 Å². The Balaban J connectivity index is 1.42. The van der Waals surface area contributed by atoms with E-state index in [0.29, 0.717) is 34.8 Å². The van der Waals surface area contributed by atoms with Gasteiger partial charge in [0.05, 0.1) is 17.2 Å². The summed E-state index contributed by atoms with van der Waals surface area (Å²) in [6, 6.07) is 12.1. The molecule has 2 aromatic heterocycles. The molecule has 1 atom stereocenters. The van der Waals surface area contributed by atoms with E-state index in [2.05, 4.69) is 15.4 Å². The van der Waals surface area contributed by atoms with Crippen molar-refractivity contribution in [2.75, 3.05) is 19.8 Å². The minimum atomic E-state index is -0.271. The van der Waals surface area contributed by atoms with Crippen molar-refractivity contribution in [2.24, 2.45) is 0 Å². The van der Waals surface area contributed by atoms with Crippen molar-refractivity contribution in [1.82, 2.24) is 20.1 Å². The quantitative estimate of drug-likeness (QED) is 0.590. The van der Waals surface area contributed by atoms with Gasteiger partial charge in [-0.25, -0.2) is 9.67 Å². The number of hydrogen-bond acceptors (Lipinski definition) is 6. The van der Waals surface area contributed by atoms with E-state index in [1.54, 1.807) is 42.6 Å². The molecule has 4 rings (SSSR count). The summed E-state index contributed by atoms with van der Waals surface area (Å²) in [4.78, 5) is 29.1. The topological polar surface area (TPSA) is 122 Å². The number of ether oxygens (including phenoxy) is 2. The highest BCUT2D eigenvalue weighted by Gasteiger charge is 2.16. The second-order valence-electron chi connectivity index (χ2n) is 7.43. The van der Waals surface area contributed by atoms with Crippen molar-refractivity contribution in [1.29, 1.82) is 5.26 Å². The molecule has 9 heteroatoms. The fourth-order valence-electron chi connectivity index (χ4n) is 3.50. The Bertz CT molecular complexity index is 1150. The van der Waals surface area contributed by atoms with Gasteiger partial charge in [-0.15, -0.1) is 0 Å². The van der Waals surface area contributed by atoms with Gasteiger partial charge < -0.3 is 14.8 Å². The molecule has 1 aliphatic heterocycles. The largest absolute Gasteiger partial charge is 0.479 e. The van der Waals surface area contributed by atoms with Crippen LogP contribution in [0.4, 0.5) is 0 Å². The van der Waals surface area contributed by atoms with Crippen LogP contribution in [0, 0.1) is 11.3 Å². The second-order valence-corrected chi connectivity index (χ2v) is 7.43. The fraction of sp³-hybridized carbons (Fsp3) is 0.304. The van der Waals surface area contributed by atoms with Gasteiger partial charge in [-0.2, -0.15) is 5.26 Å². The first-order chi connectivity index (χ1) is 15.6. The highest BCUT2D eigenvalue weighted by molar-refractivity contribution is 5.93. The monoisotopic (exact) mass is 433 g/mol. The molecule has 1 fully saturated rings. The molecule has 32 heavy (non-hydrogen) atoms. The standard InChI is InChI=1S/C23H23N5O4/c24-10-12-32-18-7-4-16(5-8-18)20-15-28(27-23(20)30)21-9-6-17(13-25-21)22(29)26-14-19-3-1-2-11-31-19/h4-9,13,15,19H,1-3,11-12,14H2,(H,26,29)(H,27,30). The summed E-state index contributed by atoms with van der Waals surface area (Å²) in [5.41, 5.74) is 1.34. The SMILES string of the molecule is N#CCOc1ccc(-c2cn(-c3ccc(C(=O)NCC4CCCCO4)cn3)[nH]c2=O)cc1. The van der Waals surface area contributed by atoms with E-state index in [1.165, 1.54) is 10.9 Å². The summed E-state index contributed by atoms with van der Waals surface area (Å²) >= 11 is 0. The second kappa shape index (κ2) is 9.94. The Hall–Kier alpha value is -3.90. The lowest BCUT2D eigenvalue weighted by Crippen LogP contribution is -2.35. The number of amides is 1. The van der Waals surface area contributed by atoms with Crippen molar-refractivity contribution in [2.45, 2.75) is 25.4 Å². The number of carbonyl (C=O) groups excluding carboxylic acids is 1. The summed E-state index contributed by atoms with van der Waals surface area (Å²) < 4.78 is 12.4. The number of carbonyl (C=O) groups is 1. The van der Waals surface area contributed by atoms with E-state index in [9.17, 15) is 9.59 Å². The molecule has 0 saturated carbocycles. The van der Waals surface area contributed by atoms with Crippen LogP contribution in [-0.4, -0.2) is 46.5 Å². The Morgan fingerprint density at radius 3 is 2.81 bits per heavy atom. The summed E-state index contributed by atoms with van der Waals surface area (Å²) in [7, 11) is 0. The maximum atomic E-state index is 12.4. The van der Waals surface area contributed by atoms with Gasteiger partial charge >= 0.3 is 0 Å². The Labute approximate surface area is 184 Å². The van der Waals surface area contributed by atoms with Gasteiger partial charge in [0, 0.05) is 25.5 Å². The molecule has 0 aliphatic carbocycles. The Kier molecular flexibility index (Phi) is 6.63. The Morgan fingerprint density at radius 2 is 2.12 bits per heavy atom. The van der Waals surface area contributed by atoms with Crippen LogP contribution in [0.5, 0.6) is 5.75 Å². The highest BCUT2D eigenvalue weighted by atomic mass is 16.5. The van der Waals surface area contributed by atoms with Crippen molar-refractivity contribution in [3.8, 4) is 28.8 Å². The third kappa shape index (κ3) is 5.04. The molecule has 164 valence electrons. The average Bonchev–Trinajstić information content (AvgIpc) is 3.24. The van der Waals surface area contributed by atoms with Gasteiger partial charge in [0.1, 0.15) is 11.8 Å². The molecule has 1 aromatic carbocycles. The molecule has 1 amide bonds. The number of nitrogens with zero attached hydrogens (tertiary/aromatic N) is 3. The van der Waals surface area contributed by atoms with Crippen LogP contribution in [0.15, 0.2) is 53.6 Å². The molecular weight excluding hydrogens is 410 g/mol. The van der Waals surface area contributed by atoms with E-state index in [1.807, 2.05) is 6.07 Å². The van der Waals surface area contributed by atoms with Gasteiger partial charge in [0.15, 0.2) is 12.4 Å². The van der Waals surface area contributed by atoms with Gasteiger partial charge in [-0.1, -0.05) is 12.1 Å². The van der Waals surface area contributed by atoms with Crippen molar-refractivity contribution in [3.05, 3.63) is 64.7 Å². The number of hydrogen-bond donors (Lipinski definition) is 2. The third-order valence-corrected chi connectivity index (χ3v) is 5.21. The average molecular weight is 433 g/mol. The minimum absolute atomic E-state index is 0.0373. The highest BCUT2D eigenvalue weighted by Crippen LogP contribution is 2.20.